The van der Waals surface area contributed by atoms with Gasteiger partial charge in [0.1, 0.15) is 5.69 Å². The van der Waals surface area contributed by atoms with E-state index >= 15 is 0 Å². The van der Waals surface area contributed by atoms with Gasteiger partial charge in [-0.3, -0.25) is 9.48 Å². The van der Waals surface area contributed by atoms with Crippen molar-refractivity contribution in [3.8, 4) is 0 Å². The predicted molar refractivity (Wildman–Crippen MR) is 72.2 cm³/mol. The molecule has 1 fully saturated rings. The largest absolute Gasteiger partial charge is 0.359 e. The number of amides is 1. The maximum atomic E-state index is 12.6. The first-order chi connectivity index (χ1) is 9.69. The standard InChI is InChI=1S/C14H18N4O2/c1-3-17-8-6-11(15-17)14(19)18-7-4-5-12(18)13-9-10(2)16-20-13/h6,8-9,12H,3-5,7H2,1-2H3. The van der Waals surface area contributed by atoms with E-state index in [2.05, 4.69) is 10.3 Å². The maximum Gasteiger partial charge on any atom is 0.274 e. The van der Waals surface area contributed by atoms with Crippen LogP contribution >= 0.6 is 0 Å². The molecule has 106 valence electrons. The molecule has 6 nitrogen and oxygen atoms in total. The van der Waals surface area contributed by atoms with Crippen molar-refractivity contribution in [2.24, 2.45) is 0 Å². The predicted octanol–water partition coefficient (Wildman–Crippen LogP) is 2.18. The lowest BCUT2D eigenvalue weighted by Crippen LogP contribution is -2.30. The molecule has 0 bridgehead atoms. The lowest BCUT2D eigenvalue weighted by Gasteiger charge is -2.21. The van der Waals surface area contributed by atoms with Crippen LogP contribution in [0, 0.1) is 6.92 Å². The van der Waals surface area contributed by atoms with Crippen LogP contribution in [0.2, 0.25) is 0 Å². The first kappa shape index (κ1) is 12.9. The second kappa shape index (κ2) is 5.11. The molecular weight excluding hydrogens is 256 g/mol. The number of carbonyl (C=O) groups excluding carboxylic acids is 1. The first-order valence-electron chi connectivity index (χ1n) is 6.96. The first-order valence-corrected chi connectivity index (χ1v) is 6.96. The van der Waals surface area contributed by atoms with Crippen molar-refractivity contribution in [1.29, 1.82) is 0 Å². The third-order valence-corrected chi connectivity index (χ3v) is 3.67. The molecule has 0 radical (unpaired) electrons. The van der Waals surface area contributed by atoms with Crippen LogP contribution in [0.1, 0.15) is 47.7 Å². The normalized spacial score (nSPS) is 18.7. The number of aromatic nitrogens is 3. The fraction of sp³-hybridized carbons (Fsp3) is 0.500. The van der Waals surface area contributed by atoms with E-state index in [-0.39, 0.29) is 11.9 Å². The minimum Gasteiger partial charge on any atom is -0.359 e. The minimum atomic E-state index is -0.0336. The van der Waals surface area contributed by atoms with Crippen molar-refractivity contribution in [3.63, 3.8) is 0 Å². The highest BCUT2D eigenvalue weighted by molar-refractivity contribution is 5.92. The summed E-state index contributed by atoms with van der Waals surface area (Å²) in [5.74, 6) is 0.733. The molecule has 2 aromatic rings. The van der Waals surface area contributed by atoms with Crippen LogP contribution < -0.4 is 0 Å². The van der Waals surface area contributed by atoms with Crippen molar-refractivity contribution in [2.75, 3.05) is 6.54 Å². The summed E-state index contributed by atoms with van der Waals surface area (Å²) in [4.78, 5) is 14.4. The number of aryl methyl sites for hydroxylation is 2. The molecule has 1 amide bonds. The van der Waals surface area contributed by atoms with Gasteiger partial charge in [-0.25, -0.2) is 0 Å². The Bertz CT molecular complexity index is 616. The second-order valence-electron chi connectivity index (χ2n) is 5.08. The summed E-state index contributed by atoms with van der Waals surface area (Å²) in [5, 5.41) is 8.20. The quantitative estimate of drug-likeness (QED) is 0.860. The molecule has 1 aliphatic rings. The summed E-state index contributed by atoms with van der Waals surface area (Å²) in [7, 11) is 0. The molecule has 3 heterocycles. The lowest BCUT2D eigenvalue weighted by molar-refractivity contribution is 0.0707. The van der Waals surface area contributed by atoms with Crippen molar-refractivity contribution >= 4 is 5.91 Å². The van der Waals surface area contributed by atoms with E-state index in [1.165, 1.54) is 0 Å². The maximum absolute atomic E-state index is 12.6. The van der Waals surface area contributed by atoms with Crippen LogP contribution in [0.15, 0.2) is 22.9 Å². The zero-order valence-corrected chi connectivity index (χ0v) is 11.7. The zero-order valence-electron chi connectivity index (χ0n) is 11.7. The molecule has 1 saturated heterocycles. The molecule has 2 aromatic heterocycles. The fourth-order valence-electron chi connectivity index (χ4n) is 2.64. The van der Waals surface area contributed by atoms with Gasteiger partial charge in [-0.05, 0) is 32.8 Å². The van der Waals surface area contributed by atoms with Gasteiger partial charge >= 0.3 is 0 Å². The number of nitrogens with zero attached hydrogens (tertiary/aromatic N) is 4. The van der Waals surface area contributed by atoms with Crippen LogP contribution in [0.25, 0.3) is 0 Å². The van der Waals surface area contributed by atoms with Gasteiger partial charge in [-0.2, -0.15) is 5.10 Å². The van der Waals surface area contributed by atoms with Gasteiger partial charge < -0.3 is 9.42 Å². The minimum absolute atomic E-state index is 0.0181. The molecule has 0 N–H and O–H groups in total. The number of hydrogen-bond donors (Lipinski definition) is 0. The number of hydrogen-bond acceptors (Lipinski definition) is 4. The molecule has 20 heavy (non-hydrogen) atoms. The van der Waals surface area contributed by atoms with Crippen molar-refractivity contribution < 1.29 is 9.32 Å². The average Bonchev–Trinajstić information content (AvgIpc) is 3.17. The average molecular weight is 274 g/mol. The summed E-state index contributed by atoms with van der Waals surface area (Å²) >= 11 is 0. The highest BCUT2D eigenvalue weighted by atomic mass is 16.5. The highest BCUT2D eigenvalue weighted by Crippen LogP contribution is 2.33. The Morgan fingerprint density at radius 1 is 1.55 bits per heavy atom. The Morgan fingerprint density at radius 3 is 3.05 bits per heavy atom. The lowest BCUT2D eigenvalue weighted by atomic mass is 10.1. The third kappa shape index (κ3) is 2.21. The Balaban J connectivity index is 1.83. The summed E-state index contributed by atoms with van der Waals surface area (Å²) in [6.07, 6.45) is 3.72. The van der Waals surface area contributed by atoms with Gasteiger partial charge in [-0.15, -0.1) is 0 Å². The van der Waals surface area contributed by atoms with E-state index in [0.717, 1.165) is 37.4 Å². The van der Waals surface area contributed by atoms with Gasteiger partial charge in [0.15, 0.2) is 5.76 Å². The highest BCUT2D eigenvalue weighted by Gasteiger charge is 2.33. The van der Waals surface area contributed by atoms with Gasteiger partial charge in [0.05, 0.1) is 11.7 Å². The SMILES string of the molecule is CCn1ccc(C(=O)N2CCCC2c2cc(C)no2)n1. The molecule has 1 unspecified atom stereocenters. The molecule has 0 aliphatic carbocycles. The van der Waals surface area contributed by atoms with Crippen LogP contribution in [-0.2, 0) is 6.54 Å². The molecule has 0 saturated carbocycles. The molecule has 6 heteroatoms. The van der Waals surface area contributed by atoms with Crippen molar-refractivity contribution in [2.45, 2.75) is 39.3 Å². The smallest absolute Gasteiger partial charge is 0.274 e. The number of carbonyl (C=O) groups is 1. The molecule has 0 aromatic carbocycles. The Kier molecular flexibility index (Phi) is 3.30. The van der Waals surface area contributed by atoms with Gasteiger partial charge in [-0.1, -0.05) is 5.16 Å². The molecule has 1 atom stereocenters. The third-order valence-electron chi connectivity index (χ3n) is 3.67. The topological polar surface area (TPSA) is 64.2 Å². The number of likely N-dealkylation sites (tertiary alicyclic amines) is 1. The van der Waals surface area contributed by atoms with E-state index < -0.39 is 0 Å². The summed E-state index contributed by atoms with van der Waals surface area (Å²) in [5.41, 5.74) is 1.34. The molecule has 3 rings (SSSR count). The molecule has 1 aliphatic heterocycles. The Morgan fingerprint density at radius 2 is 2.40 bits per heavy atom. The van der Waals surface area contributed by atoms with E-state index in [0.29, 0.717) is 5.69 Å². The zero-order chi connectivity index (χ0) is 14.1. The van der Waals surface area contributed by atoms with E-state index in [4.69, 9.17) is 4.52 Å². The Hall–Kier alpha value is -2.11. The molecular formula is C14H18N4O2. The number of rotatable bonds is 3. The van der Waals surface area contributed by atoms with Gasteiger partial charge in [0, 0.05) is 25.4 Å². The van der Waals surface area contributed by atoms with Crippen LogP contribution in [0.5, 0.6) is 0 Å². The molecule has 0 spiro atoms. The van der Waals surface area contributed by atoms with Crippen molar-refractivity contribution in [1.82, 2.24) is 19.8 Å². The van der Waals surface area contributed by atoms with E-state index in [9.17, 15) is 4.79 Å². The monoisotopic (exact) mass is 274 g/mol. The summed E-state index contributed by atoms with van der Waals surface area (Å²) in [6.45, 7) is 5.38. The van der Waals surface area contributed by atoms with Crippen LogP contribution in [-0.4, -0.2) is 32.3 Å². The Labute approximate surface area is 117 Å². The van der Waals surface area contributed by atoms with Gasteiger partial charge in [0.25, 0.3) is 5.91 Å². The fourth-order valence-corrected chi connectivity index (χ4v) is 2.64. The summed E-state index contributed by atoms with van der Waals surface area (Å²) < 4.78 is 7.08. The summed E-state index contributed by atoms with van der Waals surface area (Å²) in [6, 6.07) is 3.66. The van der Waals surface area contributed by atoms with Crippen LogP contribution in [0.4, 0.5) is 0 Å². The van der Waals surface area contributed by atoms with E-state index in [1.807, 2.05) is 31.0 Å². The van der Waals surface area contributed by atoms with E-state index in [1.54, 1.807) is 10.7 Å². The van der Waals surface area contributed by atoms with Gasteiger partial charge in [0.2, 0.25) is 0 Å². The second-order valence-corrected chi connectivity index (χ2v) is 5.08. The van der Waals surface area contributed by atoms with Crippen LogP contribution in [0.3, 0.4) is 0 Å². The van der Waals surface area contributed by atoms with Crippen molar-refractivity contribution in [3.05, 3.63) is 35.5 Å².